The van der Waals surface area contributed by atoms with Crippen LogP contribution in [0.2, 0.25) is 0 Å². The van der Waals surface area contributed by atoms with Crippen LogP contribution in [-0.4, -0.2) is 36.4 Å². The van der Waals surface area contributed by atoms with Crippen molar-refractivity contribution in [3.05, 3.63) is 60.2 Å². The fourth-order valence-corrected chi connectivity index (χ4v) is 3.45. The third-order valence-electron chi connectivity index (χ3n) is 4.99. The first-order valence-electron chi connectivity index (χ1n) is 9.49. The van der Waals surface area contributed by atoms with Crippen molar-refractivity contribution in [2.45, 2.75) is 38.1 Å². The average molecular weight is 366 g/mol. The van der Waals surface area contributed by atoms with Gasteiger partial charge in [0, 0.05) is 13.1 Å². The molecule has 3 rings (SSSR count). The summed E-state index contributed by atoms with van der Waals surface area (Å²) in [5.74, 6) is 0.287. The minimum Gasteiger partial charge on any atom is -0.484 e. The van der Waals surface area contributed by atoms with Gasteiger partial charge in [-0.05, 0) is 37.1 Å². The zero-order chi connectivity index (χ0) is 19.1. The largest absolute Gasteiger partial charge is 0.484 e. The fourth-order valence-electron chi connectivity index (χ4n) is 3.45. The van der Waals surface area contributed by atoms with Crippen LogP contribution in [-0.2, 0) is 4.79 Å². The number of amides is 2. The number of benzene rings is 2. The maximum Gasteiger partial charge on any atom is 0.262 e. The highest BCUT2D eigenvalue weighted by Crippen LogP contribution is 2.25. The first kappa shape index (κ1) is 19.0. The van der Waals surface area contributed by atoms with Gasteiger partial charge in [0.15, 0.2) is 6.61 Å². The second-order valence-electron chi connectivity index (χ2n) is 6.90. The van der Waals surface area contributed by atoms with E-state index in [2.05, 4.69) is 5.32 Å². The number of hydrogen-bond acceptors (Lipinski definition) is 3. The molecule has 142 valence electrons. The minimum absolute atomic E-state index is 0.0539. The van der Waals surface area contributed by atoms with Gasteiger partial charge in [0.2, 0.25) is 0 Å². The van der Waals surface area contributed by atoms with Crippen LogP contribution in [0.15, 0.2) is 54.6 Å². The Morgan fingerprint density at radius 1 is 1.00 bits per heavy atom. The molecule has 5 nitrogen and oxygen atoms in total. The van der Waals surface area contributed by atoms with Crippen LogP contribution < -0.4 is 10.1 Å². The van der Waals surface area contributed by atoms with Crippen molar-refractivity contribution in [1.82, 2.24) is 4.90 Å². The van der Waals surface area contributed by atoms with E-state index in [4.69, 9.17) is 4.74 Å². The van der Waals surface area contributed by atoms with Crippen molar-refractivity contribution in [2.24, 2.45) is 0 Å². The molecule has 0 saturated heterocycles. The van der Waals surface area contributed by atoms with Crippen LogP contribution in [0, 0.1) is 0 Å². The Hall–Kier alpha value is -2.82. The number of anilines is 1. The predicted octanol–water partition coefficient (Wildman–Crippen LogP) is 4.11. The minimum atomic E-state index is -0.292. The van der Waals surface area contributed by atoms with Crippen molar-refractivity contribution >= 4 is 17.5 Å². The number of carbonyl (C=O) groups is 2. The standard InChI is InChI=1S/C22H26N2O3/c1-24(17-10-4-2-5-11-17)22(26)19-14-8-9-15-20(19)23-21(25)16-27-18-12-6-3-7-13-18/h3,6-9,12-15,17H,2,4-5,10-11,16H2,1H3,(H,23,25). The van der Waals surface area contributed by atoms with E-state index >= 15 is 0 Å². The molecule has 0 spiro atoms. The summed E-state index contributed by atoms with van der Waals surface area (Å²) in [6, 6.07) is 16.6. The molecule has 5 heteroatoms. The highest BCUT2D eigenvalue weighted by molar-refractivity contribution is 6.04. The van der Waals surface area contributed by atoms with Gasteiger partial charge in [-0.2, -0.15) is 0 Å². The molecule has 2 aromatic rings. The summed E-state index contributed by atoms with van der Waals surface area (Å²) in [5.41, 5.74) is 1.03. The highest BCUT2D eigenvalue weighted by Gasteiger charge is 2.24. The molecule has 27 heavy (non-hydrogen) atoms. The molecule has 0 bridgehead atoms. The van der Waals surface area contributed by atoms with Crippen LogP contribution in [0.1, 0.15) is 42.5 Å². The van der Waals surface area contributed by atoms with Crippen molar-refractivity contribution in [1.29, 1.82) is 0 Å². The van der Waals surface area contributed by atoms with Gasteiger partial charge in [0.25, 0.3) is 11.8 Å². The van der Waals surface area contributed by atoms with Crippen molar-refractivity contribution in [3.8, 4) is 5.75 Å². The molecule has 0 atom stereocenters. The van der Waals surface area contributed by atoms with E-state index < -0.39 is 0 Å². The number of nitrogens with zero attached hydrogens (tertiary/aromatic N) is 1. The van der Waals surface area contributed by atoms with Crippen LogP contribution in [0.3, 0.4) is 0 Å². The molecular formula is C22H26N2O3. The molecule has 2 amide bonds. The van der Waals surface area contributed by atoms with Crippen LogP contribution in [0.5, 0.6) is 5.75 Å². The molecule has 1 N–H and O–H groups in total. The number of para-hydroxylation sites is 2. The van der Waals surface area contributed by atoms with E-state index in [0.29, 0.717) is 17.0 Å². The van der Waals surface area contributed by atoms with Gasteiger partial charge in [-0.1, -0.05) is 49.6 Å². The zero-order valence-electron chi connectivity index (χ0n) is 15.7. The molecule has 0 heterocycles. The molecule has 0 aromatic heterocycles. The lowest BCUT2D eigenvalue weighted by Crippen LogP contribution is -2.38. The van der Waals surface area contributed by atoms with Gasteiger partial charge >= 0.3 is 0 Å². The Bertz CT molecular complexity index is 770. The SMILES string of the molecule is CN(C(=O)c1ccccc1NC(=O)COc1ccccc1)C1CCCCC1. The number of ether oxygens (including phenoxy) is 1. The molecule has 0 radical (unpaired) electrons. The lowest BCUT2D eigenvalue weighted by Gasteiger charge is -2.31. The normalized spacial score (nSPS) is 14.4. The number of nitrogens with one attached hydrogen (secondary N) is 1. The summed E-state index contributed by atoms with van der Waals surface area (Å²) in [4.78, 5) is 27.1. The summed E-state index contributed by atoms with van der Waals surface area (Å²) in [5, 5.41) is 2.81. The number of carbonyl (C=O) groups excluding carboxylic acids is 2. The molecule has 1 saturated carbocycles. The molecule has 0 unspecified atom stereocenters. The maximum atomic E-state index is 13.0. The third kappa shape index (κ3) is 5.09. The van der Waals surface area contributed by atoms with Gasteiger partial charge in [-0.15, -0.1) is 0 Å². The Balaban J connectivity index is 1.64. The lowest BCUT2D eigenvalue weighted by molar-refractivity contribution is -0.118. The zero-order valence-corrected chi connectivity index (χ0v) is 15.7. The van der Waals surface area contributed by atoms with Gasteiger partial charge in [0.1, 0.15) is 5.75 Å². The average Bonchev–Trinajstić information content (AvgIpc) is 2.73. The first-order chi connectivity index (χ1) is 13.1. The van der Waals surface area contributed by atoms with E-state index in [-0.39, 0.29) is 24.5 Å². The lowest BCUT2D eigenvalue weighted by atomic mass is 9.94. The van der Waals surface area contributed by atoms with Gasteiger partial charge in [0.05, 0.1) is 11.3 Å². The number of rotatable bonds is 6. The highest BCUT2D eigenvalue weighted by atomic mass is 16.5. The molecule has 0 aliphatic heterocycles. The number of hydrogen-bond donors (Lipinski definition) is 1. The predicted molar refractivity (Wildman–Crippen MR) is 106 cm³/mol. The summed E-state index contributed by atoms with van der Waals surface area (Å²) in [7, 11) is 1.86. The Kier molecular flexibility index (Phi) is 6.47. The van der Waals surface area contributed by atoms with Crippen molar-refractivity contribution < 1.29 is 14.3 Å². The van der Waals surface area contributed by atoms with E-state index in [1.54, 1.807) is 24.3 Å². The first-order valence-corrected chi connectivity index (χ1v) is 9.49. The third-order valence-corrected chi connectivity index (χ3v) is 4.99. The van der Waals surface area contributed by atoms with Crippen molar-refractivity contribution in [2.75, 3.05) is 19.0 Å². The van der Waals surface area contributed by atoms with Crippen LogP contribution in [0.25, 0.3) is 0 Å². The monoisotopic (exact) mass is 366 g/mol. The summed E-state index contributed by atoms with van der Waals surface area (Å²) in [6.45, 7) is -0.106. The Labute approximate surface area is 160 Å². The van der Waals surface area contributed by atoms with Crippen LogP contribution >= 0.6 is 0 Å². The quantitative estimate of drug-likeness (QED) is 0.837. The Morgan fingerprint density at radius 2 is 1.67 bits per heavy atom. The van der Waals surface area contributed by atoms with Crippen molar-refractivity contribution in [3.63, 3.8) is 0 Å². The Morgan fingerprint density at radius 3 is 2.41 bits per heavy atom. The summed E-state index contributed by atoms with van der Waals surface area (Å²) >= 11 is 0. The summed E-state index contributed by atoms with van der Waals surface area (Å²) < 4.78 is 5.48. The van der Waals surface area contributed by atoms with Gasteiger partial charge in [-0.25, -0.2) is 0 Å². The molecule has 1 fully saturated rings. The van der Waals surface area contributed by atoms with E-state index in [1.807, 2.05) is 42.3 Å². The van der Waals surface area contributed by atoms with E-state index in [9.17, 15) is 9.59 Å². The van der Waals surface area contributed by atoms with E-state index in [1.165, 1.54) is 6.42 Å². The molecule has 1 aliphatic carbocycles. The topological polar surface area (TPSA) is 58.6 Å². The van der Waals surface area contributed by atoms with Gasteiger partial charge in [-0.3, -0.25) is 9.59 Å². The second-order valence-corrected chi connectivity index (χ2v) is 6.90. The molecular weight excluding hydrogens is 340 g/mol. The van der Waals surface area contributed by atoms with E-state index in [0.717, 1.165) is 25.7 Å². The molecule has 2 aromatic carbocycles. The van der Waals surface area contributed by atoms with Gasteiger partial charge < -0.3 is 15.0 Å². The fraction of sp³-hybridized carbons (Fsp3) is 0.364. The van der Waals surface area contributed by atoms with Crippen LogP contribution in [0.4, 0.5) is 5.69 Å². The smallest absolute Gasteiger partial charge is 0.262 e. The molecule has 1 aliphatic rings. The summed E-state index contributed by atoms with van der Waals surface area (Å²) in [6.07, 6.45) is 5.66. The second kappa shape index (κ2) is 9.21. The maximum absolute atomic E-state index is 13.0.